The van der Waals surface area contributed by atoms with E-state index >= 15 is 0 Å². The van der Waals surface area contributed by atoms with Crippen LogP contribution >= 0.6 is 11.8 Å². The number of carbonyl (C=O) groups is 2. The Morgan fingerprint density at radius 1 is 1.07 bits per heavy atom. The zero-order chi connectivity index (χ0) is 19.1. The molecule has 8 nitrogen and oxygen atoms in total. The predicted molar refractivity (Wildman–Crippen MR) is 101 cm³/mol. The number of hydrogen-bond acceptors (Lipinski definition) is 6. The fraction of sp³-hybridized carbons (Fsp3) is 0.222. The number of carbonyl (C=O) groups excluding carboxylic acids is 2. The van der Waals surface area contributed by atoms with E-state index in [-0.39, 0.29) is 24.1 Å². The van der Waals surface area contributed by atoms with Crippen molar-refractivity contribution in [1.82, 2.24) is 25.4 Å². The highest BCUT2D eigenvalue weighted by molar-refractivity contribution is 7.99. The first-order valence-electron chi connectivity index (χ1n) is 8.40. The van der Waals surface area contributed by atoms with Crippen LogP contribution in [0.3, 0.4) is 0 Å². The molecule has 2 aromatic heterocycles. The van der Waals surface area contributed by atoms with E-state index < -0.39 is 0 Å². The maximum absolute atomic E-state index is 12.0. The number of benzene rings is 1. The first-order chi connectivity index (χ1) is 13.2. The van der Waals surface area contributed by atoms with Gasteiger partial charge in [-0.3, -0.25) is 14.2 Å². The van der Waals surface area contributed by atoms with Gasteiger partial charge >= 0.3 is 0 Å². The number of aromatic nitrogens is 3. The molecule has 0 aliphatic carbocycles. The molecule has 0 unspecified atom stereocenters. The molecular formula is C18H19N5O3S. The van der Waals surface area contributed by atoms with Crippen LogP contribution in [0, 0.1) is 0 Å². The van der Waals surface area contributed by atoms with Crippen molar-refractivity contribution < 1.29 is 14.0 Å². The standard InChI is InChI=1S/C18H19N5O3S/c1-2-19-15(24)11-20-16(25)12-27-18-22-21-17(14-9-6-10-26-14)23(18)13-7-4-3-5-8-13/h3-10H,2,11-12H2,1H3,(H,19,24)(H,20,25). The summed E-state index contributed by atoms with van der Waals surface area (Å²) in [6, 6.07) is 13.2. The Hall–Kier alpha value is -3.07. The highest BCUT2D eigenvalue weighted by atomic mass is 32.2. The van der Waals surface area contributed by atoms with Crippen LogP contribution in [0.4, 0.5) is 0 Å². The summed E-state index contributed by atoms with van der Waals surface area (Å²) < 4.78 is 7.29. The quantitative estimate of drug-likeness (QED) is 0.574. The van der Waals surface area contributed by atoms with Crippen LogP contribution in [0.25, 0.3) is 17.3 Å². The molecule has 2 N–H and O–H groups in total. The number of likely N-dealkylation sites (N-methyl/N-ethyl adjacent to an activating group) is 1. The van der Waals surface area contributed by atoms with Crippen LogP contribution < -0.4 is 10.6 Å². The number of hydrogen-bond donors (Lipinski definition) is 2. The summed E-state index contributed by atoms with van der Waals surface area (Å²) in [7, 11) is 0. The summed E-state index contributed by atoms with van der Waals surface area (Å²) in [5.41, 5.74) is 0.860. The van der Waals surface area contributed by atoms with Gasteiger partial charge < -0.3 is 15.1 Å². The lowest BCUT2D eigenvalue weighted by Crippen LogP contribution is -2.37. The summed E-state index contributed by atoms with van der Waals surface area (Å²) in [6.07, 6.45) is 1.57. The molecule has 2 amide bonds. The fourth-order valence-corrected chi connectivity index (χ4v) is 3.14. The van der Waals surface area contributed by atoms with Crippen molar-refractivity contribution in [2.24, 2.45) is 0 Å². The molecule has 27 heavy (non-hydrogen) atoms. The maximum atomic E-state index is 12.0. The maximum Gasteiger partial charge on any atom is 0.239 e. The Labute approximate surface area is 160 Å². The van der Waals surface area contributed by atoms with Crippen LogP contribution in [0.5, 0.6) is 0 Å². The average molecular weight is 385 g/mol. The van der Waals surface area contributed by atoms with E-state index in [4.69, 9.17) is 4.42 Å². The number of para-hydroxylation sites is 1. The molecule has 1 aromatic carbocycles. The first kappa shape index (κ1) is 18.7. The van der Waals surface area contributed by atoms with Crippen molar-refractivity contribution >= 4 is 23.6 Å². The van der Waals surface area contributed by atoms with Gasteiger partial charge in [-0.25, -0.2) is 0 Å². The fourth-order valence-electron chi connectivity index (χ4n) is 2.36. The lowest BCUT2D eigenvalue weighted by molar-refractivity contribution is -0.124. The van der Waals surface area contributed by atoms with E-state index in [2.05, 4.69) is 20.8 Å². The summed E-state index contributed by atoms with van der Waals surface area (Å²) in [4.78, 5) is 23.4. The zero-order valence-electron chi connectivity index (χ0n) is 14.7. The number of furan rings is 1. The van der Waals surface area contributed by atoms with Crippen LogP contribution in [-0.2, 0) is 9.59 Å². The molecule has 0 aliphatic heterocycles. The number of thioether (sulfide) groups is 1. The molecule has 0 radical (unpaired) electrons. The molecule has 9 heteroatoms. The third kappa shape index (κ3) is 4.76. The van der Waals surface area contributed by atoms with Gasteiger partial charge in [0.2, 0.25) is 17.6 Å². The Morgan fingerprint density at radius 3 is 2.59 bits per heavy atom. The second-order valence-corrected chi connectivity index (χ2v) is 6.42. The van der Waals surface area contributed by atoms with Gasteiger partial charge in [-0.15, -0.1) is 10.2 Å². The largest absolute Gasteiger partial charge is 0.461 e. The van der Waals surface area contributed by atoms with Crippen molar-refractivity contribution in [1.29, 1.82) is 0 Å². The van der Waals surface area contributed by atoms with E-state index in [9.17, 15) is 9.59 Å². The van der Waals surface area contributed by atoms with Gasteiger partial charge in [0, 0.05) is 12.2 Å². The molecule has 0 bridgehead atoms. The van der Waals surface area contributed by atoms with Gasteiger partial charge in [0.15, 0.2) is 10.9 Å². The Morgan fingerprint density at radius 2 is 1.89 bits per heavy atom. The van der Waals surface area contributed by atoms with Crippen molar-refractivity contribution in [2.45, 2.75) is 12.1 Å². The minimum Gasteiger partial charge on any atom is -0.461 e. The predicted octanol–water partition coefficient (Wildman–Crippen LogP) is 1.87. The van der Waals surface area contributed by atoms with Crippen molar-refractivity contribution in [3.8, 4) is 17.3 Å². The van der Waals surface area contributed by atoms with Crippen molar-refractivity contribution in [2.75, 3.05) is 18.8 Å². The van der Waals surface area contributed by atoms with Gasteiger partial charge in [-0.05, 0) is 31.2 Å². The normalized spacial score (nSPS) is 10.6. The van der Waals surface area contributed by atoms with E-state index in [1.807, 2.05) is 41.8 Å². The third-order valence-corrected chi connectivity index (χ3v) is 4.47. The second kappa shape index (κ2) is 9.04. The Kier molecular flexibility index (Phi) is 6.26. The average Bonchev–Trinajstić information content (AvgIpc) is 3.35. The van der Waals surface area contributed by atoms with Crippen LogP contribution in [0.2, 0.25) is 0 Å². The van der Waals surface area contributed by atoms with Crippen LogP contribution in [0.15, 0.2) is 58.3 Å². The topological polar surface area (TPSA) is 102 Å². The third-order valence-electron chi connectivity index (χ3n) is 3.54. The minimum atomic E-state index is -0.256. The molecule has 0 saturated heterocycles. The Bertz CT molecular complexity index is 893. The Balaban J connectivity index is 1.74. The molecule has 2 heterocycles. The monoisotopic (exact) mass is 385 g/mol. The lowest BCUT2D eigenvalue weighted by atomic mass is 10.3. The molecule has 0 fully saturated rings. The van der Waals surface area contributed by atoms with Gasteiger partial charge in [-0.1, -0.05) is 30.0 Å². The second-order valence-electron chi connectivity index (χ2n) is 5.47. The van der Waals surface area contributed by atoms with E-state index in [1.54, 1.807) is 18.4 Å². The smallest absolute Gasteiger partial charge is 0.239 e. The summed E-state index contributed by atoms with van der Waals surface area (Å²) in [5.74, 6) is 0.773. The number of amides is 2. The number of rotatable bonds is 8. The zero-order valence-corrected chi connectivity index (χ0v) is 15.5. The van der Waals surface area contributed by atoms with Gasteiger partial charge in [0.25, 0.3) is 0 Å². The van der Waals surface area contributed by atoms with Gasteiger partial charge in [0.05, 0.1) is 18.6 Å². The van der Waals surface area contributed by atoms with Crippen molar-refractivity contribution in [3.63, 3.8) is 0 Å². The number of nitrogens with one attached hydrogen (secondary N) is 2. The highest BCUT2D eigenvalue weighted by Gasteiger charge is 2.18. The summed E-state index contributed by atoms with van der Waals surface area (Å²) >= 11 is 1.24. The molecule has 3 rings (SSSR count). The van der Waals surface area contributed by atoms with Gasteiger partial charge in [0.1, 0.15) is 0 Å². The lowest BCUT2D eigenvalue weighted by Gasteiger charge is -2.09. The molecule has 0 atom stereocenters. The van der Waals surface area contributed by atoms with Crippen LogP contribution in [0.1, 0.15) is 6.92 Å². The van der Waals surface area contributed by atoms with E-state index in [0.717, 1.165) is 5.69 Å². The number of nitrogens with zero attached hydrogens (tertiary/aromatic N) is 3. The highest BCUT2D eigenvalue weighted by Crippen LogP contribution is 2.27. The first-order valence-corrected chi connectivity index (χ1v) is 9.38. The van der Waals surface area contributed by atoms with E-state index in [1.165, 1.54) is 11.8 Å². The molecule has 0 saturated carbocycles. The van der Waals surface area contributed by atoms with Crippen molar-refractivity contribution in [3.05, 3.63) is 48.7 Å². The molecule has 0 aliphatic rings. The summed E-state index contributed by atoms with van der Waals surface area (Å²) in [6.45, 7) is 2.30. The minimum absolute atomic E-state index is 0.0454. The molecule has 3 aromatic rings. The summed E-state index contributed by atoms with van der Waals surface area (Å²) in [5, 5.41) is 14.2. The SMILES string of the molecule is CCNC(=O)CNC(=O)CSc1nnc(-c2ccco2)n1-c1ccccc1. The van der Waals surface area contributed by atoms with Crippen LogP contribution in [-0.4, -0.2) is 45.4 Å². The van der Waals surface area contributed by atoms with E-state index in [0.29, 0.717) is 23.3 Å². The molecule has 140 valence electrons. The van der Waals surface area contributed by atoms with Gasteiger partial charge in [-0.2, -0.15) is 0 Å². The molecular weight excluding hydrogens is 366 g/mol. The molecule has 0 spiro atoms.